The molecule has 7 nitrogen and oxygen atoms in total. The zero-order valence-corrected chi connectivity index (χ0v) is 19.0. The molecule has 2 amide bonds. The number of amides is 2. The lowest BCUT2D eigenvalue weighted by Gasteiger charge is -2.31. The van der Waals surface area contributed by atoms with E-state index in [0.717, 1.165) is 0 Å². The number of hydrogen-bond donors (Lipinski definition) is 2. The number of alkyl halides is 2. The molecule has 2 N–H and O–H groups in total. The second kappa shape index (κ2) is 10.7. The number of rotatable bonds is 7. The lowest BCUT2D eigenvalue weighted by molar-refractivity contribution is -0.121. The molecule has 0 atom stereocenters. The summed E-state index contributed by atoms with van der Waals surface area (Å²) in [5, 5.41) is 14.0. The highest BCUT2D eigenvalue weighted by atomic mass is 32.2. The van der Waals surface area contributed by atoms with Crippen LogP contribution in [0.3, 0.4) is 0 Å². The first-order valence-electron chi connectivity index (χ1n) is 10.3. The monoisotopic (exact) mass is 489 g/mol. The summed E-state index contributed by atoms with van der Waals surface area (Å²) in [6.45, 7) is 0.946. The summed E-state index contributed by atoms with van der Waals surface area (Å²) >= 11 is 1.75. The first-order chi connectivity index (χ1) is 16.0. The Hall–Kier alpha value is -3.05. The van der Waals surface area contributed by atoms with Crippen molar-refractivity contribution in [1.29, 1.82) is 0 Å². The van der Waals surface area contributed by atoms with Gasteiger partial charge >= 0.3 is 0 Å². The van der Waals surface area contributed by atoms with Crippen molar-refractivity contribution in [3.8, 4) is 0 Å². The highest BCUT2D eigenvalue weighted by molar-refractivity contribution is 7.99. The first-order valence-corrected chi connectivity index (χ1v) is 12.0. The van der Waals surface area contributed by atoms with Gasteiger partial charge in [-0.05, 0) is 49.2 Å². The fraction of sp³-hybridized carbons (Fsp3) is 0.273. The second-order valence-electron chi connectivity index (χ2n) is 7.37. The number of anilines is 3. The third-order valence-electron chi connectivity index (χ3n) is 5.26. The maximum absolute atomic E-state index is 13.2. The van der Waals surface area contributed by atoms with Gasteiger partial charge in [-0.3, -0.25) is 9.59 Å². The van der Waals surface area contributed by atoms with Gasteiger partial charge in [-0.15, -0.1) is 10.2 Å². The number of carbonyl (C=O) groups excluding carboxylic acids is 2. The lowest BCUT2D eigenvalue weighted by Crippen LogP contribution is -2.41. The van der Waals surface area contributed by atoms with E-state index in [-0.39, 0.29) is 17.7 Å². The van der Waals surface area contributed by atoms with Crippen LogP contribution < -0.4 is 10.6 Å². The summed E-state index contributed by atoms with van der Waals surface area (Å²) in [5.74, 6) is -2.88. The molecule has 4 rings (SSSR count). The van der Waals surface area contributed by atoms with E-state index >= 15 is 0 Å². The van der Waals surface area contributed by atoms with Crippen LogP contribution in [-0.4, -0.2) is 45.8 Å². The topological polar surface area (TPSA) is 87.2 Å². The van der Waals surface area contributed by atoms with Gasteiger partial charge in [0.05, 0.1) is 11.3 Å². The maximum Gasteiger partial charge on any atom is 0.288 e. The molecule has 33 heavy (non-hydrogen) atoms. The number of hydrogen-bond acceptors (Lipinski definition) is 7. The lowest BCUT2D eigenvalue weighted by atomic mass is 9.95. The molecule has 2 aromatic carbocycles. The second-order valence-corrected chi connectivity index (χ2v) is 9.27. The highest BCUT2D eigenvalue weighted by Gasteiger charge is 2.29. The number of likely N-dealkylation sites (tertiary alicyclic amines) is 1. The van der Waals surface area contributed by atoms with Gasteiger partial charge in [0.1, 0.15) is 5.51 Å². The quantitative estimate of drug-likeness (QED) is 0.450. The van der Waals surface area contributed by atoms with Crippen molar-refractivity contribution in [2.45, 2.75) is 23.5 Å². The Kier molecular flexibility index (Phi) is 7.50. The molecule has 1 aliphatic heterocycles. The van der Waals surface area contributed by atoms with Gasteiger partial charge in [0.2, 0.25) is 11.0 Å². The van der Waals surface area contributed by atoms with Crippen LogP contribution in [0.5, 0.6) is 0 Å². The molecule has 1 saturated heterocycles. The summed E-state index contributed by atoms with van der Waals surface area (Å²) in [6, 6.07) is 13.8. The predicted molar refractivity (Wildman–Crippen MR) is 125 cm³/mol. The summed E-state index contributed by atoms with van der Waals surface area (Å²) < 4.78 is 25.0. The number of aromatic nitrogens is 2. The van der Waals surface area contributed by atoms with Gasteiger partial charge < -0.3 is 15.5 Å². The minimum Gasteiger partial charge on any atom is -0.355 e. The number of benzene rings is 2. The van der Waals surface area contributed by atoms with Crippen LogP contribution in [0.2, 0.25) is 0 Å². The molecule has 0 unspecified atom stereocenters. The van der Waals surface area contributed by atoms with E-state index in [1.54, 1.807) is 52.9 Å². The fourth-order valence-corrected chi connectivity index (χ4v) is 4.55. The molecule has 3 aromatic rings. The minimum atomic E-state index is -2.47. The zero-order chi connectivity index (χ0) is 23.2. The Morgan fingerprint density at radius 3 is 2.48 bits per heavy atom. The molecule has 11 heteroatoms. The van der Waals surface area contributed by atoms with Crippen LogP contribution in [0.4, 0.5) is 25.3 Å². The normalized spacial score (nSPS) is 14.3. The maximum atomic E-state index is 13.2. The Morgan fingerprint density at radius 2 is 1.82 bits per heavy atom. The van der Waals surface area contributed by atoms with Crippen molar-refractivity contribution in [2.24, 2.45) is 5.92 Å². The van der Waals surface area contributed by atoms with Gasteiger partial charge in [-0.2, -0.15) is 8.78 Å². The Morgan fingerprint density at radius 1 is 1.09 bits per heavy atom. The zero-order valence-electron chi connectivity index (χ0n) is 17.4. The van der Waals surface area contributed by atoms with E-state index in [9.17, 15) is 18.4 Å². The molecule has 172 valence electrons. The average molecular weight is 490 g/mol. The molecule has 1 fully saturated rings. The number of thioether (sulfide) groups is 1. The van der Waals surface area contributed by atoms with E-state index in [4.69, 9.17) is 0 Å². The summed E-state index contributed by atoms with van der Waals surface area (Å²) in [5.41, 5.74) is 3.40. The number of nitrogens with one attached hydrogen (secondary N) is 2. The van der Waals surface area contributed by atoms with Gasteiger partial charge in [0, 0.05) is 29.6 Å². The molecule has 1 aliphatic rings. The standard InChI is InChI=1S/C22H21F2N5O2S2/c23-21(24)33-16-7-5-15(6-8-16)26-18-4-2-1-3-17(18)20(31)29-11-9-14(10-12-29)19(30)27-22-28-25-13-32-22/h1-8,13-14,21,26H,9-12H2,(H,27,28,30). The van der Waals surface area contributed by atoms with Crippen LogP contribution in [0, 0.1) is 5.92 Å². The molecular formula is C22H21F2N5O2S2. The fourth-order valence-electron chi connectivity index (χ4n) is 3.60. The summed E-state index contributed by atoms with van der Waals surface area (Å²) in [7, 11) is 0. The van der Waals surface area contributed by atoms with Crippen LogP contribution in [0.15, 0.2) is 58.9 Å². The van der Waals surface area contributed by atoms with Gasteiger partial charge in [0.15, 0.2) is 0 Å². The average Bonchev–Trinajstić information content (AvgIpc) is 3.33. The van der Waals surface area contributed by atoms with Crippen LogP contribution in [0.25, 0.3) is 0 Å². The Bertz CT molecular complexity index is 1090. The first kappa shape index (κ1) is 23.1. The third kappa shape index (κ3) is 6.05. The smallest absolute Gasteiger partial charge is 0.288 e. The van der Waals surface area contributed by atoms with Crippen molar-refractivity contribution in [3.63, 3.8) is 0 Å². The summed E-state index contributed by atoms with van der Waals surface area (Å²) in [4.78, 5) is 27.8. The van der Waals surface area contributed by atoms with Crippen LogP contribution in [-0.2, 0) is 4.79 Å². The van der Waals surface area contributed by atoms with E-state index in [1.807, 2.05) is 6.07 Å². The molecule has 0 bridgehead atoms. The molecule has 0 radical (unpaired) electrons. The predicted octanol–water partition coefficient (Wildman–Crippen LogP) is 5.09. The highest BCUT2D eigenvalue weighted by Crippen LogP contribution is 2.29. The number of para-hydroxylation sites is 1. The van der Waals surface area contributed by atoms with Crippen molar-refractivity contribution >= 4 is 51.4 Å². The van der Waals surface area contributed by atoms with Gasteiger partial charge in [0.25, 0.3) is 11.7 Å². The molecular weight excluding hydrogens is 468 g/mol. The van der Waals surface area contributed by atoms with Crippen molar-refractivity contribution in [2.75, 3.05) is 23.7 Å². The van der Waals surface area contributed by atoms with Gasteiger partial charge in [-0.25, -0.2) is 0 Å². The molecule has 0 saturated carbocycles. The molecule has 1 aromatic heterocycles. The number of piperidine rings is 1. The summed E-state index contributed by atoms with van der Waals surface area (Å²) in [6.07, 6.45) is 1.13. The Balaban J connectivity index is 1.37. The van der Waals surface area contributed by atoms with Crippen LogP contribution in [0.1, 0.15) is 23.2 Å². The van der Waals surface area contributed by atoms with Gasteiger partial charge in [-0.1, -0.05) is 35.2 Å². The molecule has 0 aliphatic carbocycles. The van der Waals surface area contributed by atoms with E-state index in [2.05, 4.69) is 20.8 Å². The van der Waals surface area contributed by atoms with Crippen molar-refractivity contribution < 1.29 is 18.4 Å². The minimum absolute atomic E-state index is 0.102. The van der Waals surface area contributed by atoms with Crippen molar-refractivity contribution in [3.05, 3.63) is 59.6 Å². The van der Waals surface area contributed by atoms with E-state index < -0.39 is 5.76 Å². The van der Waals surface area contributed by atoms with Crippen molar-refractivity contribution in [1.82, 2.24) is 15.1 Å². The number of nitrogens with zero attached hydrogens (tertiary/aromatic N) is 3. The molecule has 0 spiro atoms. The van der Waals surface area contributed by atoms with Crippen LogP contribution >= 0.6 is 23.1 Å². The largest absolute Gasteiger partial charge is 0.355 e. The SMILES string of the molecule is O=C(Nc1nncs1)C1CCN(C(=O)c2ccccc2Nc2ccc(SC(F)F)cc2)CC1. The molecule has 2 heterocycles. The Labute approximate surface area is 197 Å². The third-order valence-corrected chi connectivity index (χ3v) is 6.59. The van der Waals surface area contributed by atoms with E-state index in [1.165, 1.54) is 11.3 Å². The number of halogens is 2. The number of carbonyl (C=O) groups is 2. The van der Waals surface area contributed by atoms with E-state index in [0.29, 0.717) is 64.7 Å².